The fourth-order valence-electron chi connectivity index (χ4n) is 3.91. The van der Waals surface area contributed by atoms with Gasteiger partial charge in [-0.15, -0.1) is 0 Å². The molecule has 2 aromatic carbocycles. The van der Waals surface area contributed by atoms with Crippen LogP contribution in [0.15, 0.2) is 36.4 Å². The van der Waals surface area contributed by atoms with Gasteiger partial charge < -0.3 is 9.84 Å². The molecule has 4 rings (SSSR count). The smallest absolute Gasteiger partial charge is 0.309 e. The zero-order valence-corrected chi connectivity index (χ0v) is 16.3. The van der Waals surface area contributed by atoms with Crippen LogP contribution >= 0.6 is 23.2 Å². The van der Waals surface area contributed by atoms with Gasteiger partial charge in [0.1, 0.15) is 12.4 Å². The Morgan fingerprint density at radius 1 is 1.15 bits per heavy atom. The third-order valence-corrected chi connectivity index (χ3v) is 6.31. The summed E-state index contributed by atoms with van der Waals surface area (Å²) < 4.78 is 5.92. The zero-order chi connectivity index (χ0) is 19.0. The number of hydrogen-bond acceptors (Lipinski definition) is 3. The fraction of sp³-hybridized carbons (Fsp3) is 0.381. The van der Waals surface area contributed by atoms with Crippen molar-refractivity contribution in [3.63, 3.8) is 0 Å². The highest BCUT2D eigenvalue weighted by atomic mass is 35.5. The van der Waals surface area contributed by atoms with Gasteiger partial charge in [0.2, 0.25) is 0 Å². The second kappa shape index (κ2) is 7.70. The minimum atomic E-state index is -0.678. The number of halogens is 2. The van der Waals surface area contributed by atoms with Crippen LogP contribution in [0.4, 0.5) is 0 Å². The summed E-state index contributed by atoms with van der Waals surface area (Å²) in [5.74, 6) is -0.0558. The van der Waals surface area contributed by atoms with Crippen molar-refractivity contribution in [3.8, 4) is 5.75 Å². The maximum atomic E-state index is 11.0. The second-order valence-electron chi connectivity index (χ2n) is 7.31. The van der Waals surface area contributed by atoms with Gasteiger partial charge in [0.05, 0.1) is 5.92 Å². The predicted octanol–water partition coefficient (Wildman–Crippen LogP) is 4.45. The number of fused-ring (bicyclic) bond motifs is 1. The first-order valence-electron chi connectivity index (χ1n) is 9.15. The summed E-state index contributed by atoms with van der Waals surface area (Å²) in [5.41, 5.74) is 3.43. The molecular weight excluding hydrogens is 385 g/mol. The molecule has 1 N–H and O–H groups in total. The molecule has 0 aromatic heterocycles. The summed E-state index contributed by atoms with van der Waals surface area (Å²) in [7, 11) is 0. The Hall–Kier alpha value is -1.75. The lowest BCUT2D eigenvalue weighted by atomic mass is 9.84. The van der Waals surface area contributed by atoms with E-state index in [0.29, 0.717) is 35.8 Å². The molecule has 1 saturated heterocycles. The summed E-state index contributed by atoms with van der Waals surface area (Å²) in [6, 6.07) is 12.1. The molecule has 0 radical (unpaired) electrons. The number of benzene rings is 2. The Kier molecular flexibility index (Phi) is 5.31. The van der Waals surface area contributed by atoms with Gasteiger partial charge in [-0.3, -0.25) is 9.69 Å². The van der Waals surface area contributed by atoms with Gasteiger partial charge in [0.15, 0.2) is 0 Å². The molecule has 1 atom stereocenters. The molecule has 6 heteroatoms. The van der Waals surface area contributed by atoms with Crippen molar-refractivity contribution in [2.24, 2.45) is 5.92 Å². The average molecular weight is 406 g/mol. The standard InChI is InChI=1S/C21H21Cl2NO3/c22-19-2-1-3-20(23)18(19)12-27-17-7-5-13-8-16(6-4-14(13)9-17)24-10-15(11-24)21(25)26/h1-3,5,7,9,15-16H,4,6,8,10-12H2,(H,25,26). The number of carbonyl (C=O) groups is 1. The molecule has 2 aliphatic rings. The van der Waals surface area contributed by atoms with Crippen molar-refractivity contribution >= 4 is 29.2 Å². The van der Waals surface area contributed by atoms with Crippen LogP contribution < -0.4 is 4.74 Å². The molecule has 0 amide bonds. The monoisotopic (exact) mass is 405 g/mol. The van der Waals surface area contributed by atoms with E-state index in [2.05, 4.69) is 17.0 Å². The van der Waals surface area contributed by atoms with Crippen LogP contribution in [-0.2, 0) is 24.2 Å². The molecule has 1 aliphatic carbocycles. The van der Waals surface area contributed by atoms with Crippen molar-refractivity contribution in [3.05, 3.63) is 63.1 Å². The van der Waals surface area contributed by atoms with Crippen molar-refractivity contribution in [1.29, 1.82) is 0 Å². The Labute approximate surface area is 168 Å². The summed E-state index contributed by atoms with van der Waals surface area (Å²) >= 11 is 12.4. The number of rotatable bonds is 5. The van der Waals surface area contributed by atoms with Crippen molar-refractivity contribution in [2.45, 2.75) is 31.9 Å². The first-order valence-corrected chi connectivity index (χ1v) is 9.91. The van der Waals surface area contributed by atoms with Crippen LogP contribution in [0, 0.1) is 5.92 Å². The Bertz CT molecular complexity index is 844. The van der Waals surface area contributed by atoms with Gasteiger partial charge in [-0.25, -0.2) is 0 Å². The maximum Gasteiger partial charge on any atom is 0.309 e. The fourth-order valence-corrected chi connectivity index (χ4v) is 4.41. The topological polar surface area (TPSA) is 49.8 Å². The van der Waals surface area contributed by atoms with E-state index in [9.17, 15) is 4.79 Å². The number of likely N-dealkylation sites (tertiary alicyclic amines) is 1. The minimum absolute atomic E-state index is 0.196. The first kappa shape index (κ1) is 18.6. The molecule has 142 valence electrons. The van der Waals surface area contributed by atoms with E-state index in [1.54, 1.807) is 0 Å². The molecule has 1 unspecified atom stereocenters. The van der Waals surface area contributed by atoms with Gasteiger partial charge in [-0.1, -0.05) is 35.3 Å². The molecule has 4 nitrogen and oxygen atoms in total. The summed E-state index contributed by atoms with van der Waals surface area (Å²) in [6.45, 7) is 1.69. The number of carboxylic acids is 1. The van der Waals surface area contributed by atoms with E-state index in [1.165, 1.54) is 11.1 Å². The number of aryl methyl sites for hydroxylation is 1. The van der Waals surface area contributed by atoms with E-state index in [0.717, 1.165) is 30.6 Å². The quantitative estimate of drug-likeness (QED) is 0.798. The Morgan fingerprint density at radius 2 is 1.89 bits per heavy atom. The number of carboxylic acid groups (broad SMARTS) is 1. The molecule has 1 aliphatic heterocycles. The van der Waals surface area contributed by atoms with E-state index >= 15 is 0 Å². The van der Waals surface area contributed by atoms with Gasteiger partial charge in [-0.05, 0) is 54.7 Å². The highest BCUT2D eigenvalue weighted by molar-refractivity contribution is 6.35. The average Bonchev–Trinajstić information content (AvgIpc) is 2.59. The van der Waals surface area contributed by atoms with Crippen LogP contribution in [0.5, 0.6) is 5.75 Å². The van der Waals surface area contributed by atoms with E-state index in [4.69, 9.17) is 33.0 Å². The molecule has 2 aromatic rings. The number of aliphatic carboxylic acids is 1. The minimum Gasteiger partial charge on any atom is -0.489 e. The van der Waals surface area contributed by atoms with Gasteiger partial charge in [-0.2, -0.15) is 0 Å². The zero-order valence-electron chi connectivity index (χ0n) is 14.8. The Balaban J connectivity index is 1.38. The molecule has 0 bridgehead atoms. The van der Waals surface area contributed by atoms with Crippen LogP contribution in [-0.4, -0.2) is 35.1 Å². The van der Waals surface area contributed by atoms with Crippen molar-refractivity contribution in [2.75, 3.05) is 13.1 Å². The molecule has 1 heterocycles. The third-order valence-electron chi connectivity index (χ3n) is 5.60. The lowest BCUT2D eigenvalue weighted by molar-refractivity contribution is -0.148. The lowest BCUT2D eigenvalue weighted by Crippen LogP contribution is -2.56. The molecule has 0 saturated carbocycles. The SMILES string of the molecule is O=C(O)C1CN(C2CCc3cc(OCc4c(Cl)cccc4Cl)ccc3C2)C1. The highest BCUT2D eigenvalue weighted by Crippen LogP contribution is 2.32. The van der Waals surface area contributed by atoms with E-state index < -0.39 is 5.97 Å². The van der Waals surface area contributed by atoms with Crippen molar-refractivity contribution < 1.29 is 14.6 Å². The van der Waals surface area contributed by atoms with Crippen LogP contribution in [0.1, 0.15) is 23.1 Å². The summed E-state index contributed by atoms with van der Waals surface area (Å²) in [6.07, 6.45) is 3.01. The molecule has 0 spiro atoms. The summed E-state index contributed by atoms with van der Waals surface area (Å²) in [4.78, 5) is 13.3. The Morgan fingerprint density at radius 3 is 2.59 bits per heavy atom. The van der Waals surface area contributed by atoms with Gasteiger partial charge in [0, 0.05) is 34.7 Å². The second-order valence-corrected chi connectivity index (χ2v) is 8.12. The summed E-state index contributed by atoms with van der Waals surface area (Å²) in [5, 5.41) is 10.3. The van der Waals surface area contributed by atoms with Gasteiger partial charge in [0.25, 0.3) is 0 Å². The van der Waals surface area contributed by atoms with E-state index in [1.807, 2.05) is 24.3 Å². The van der Waals surface area contributed by atoms with Crippen LogP contribution in [0.3, 0.4) is 0 Å². The molecule has 27 heavy (non-hydrogen) atoms. The number of ether oxygens (including phenoxy) is 1. The van der Waals surface area contributed by atoms with Crippen LogP contribution in [0.2, 0.25) is 10.0 Å². The highest BCUT2D eigenvalue weighted by Gasteiger charge is 2.37. The number of nitrogens with zero attached hydrogens (tertiary/aromatic N) is 1. The molecular formula is C21H21Cl2NO3. The van der Waals surface area contributed by atoms with Crippen LogP contribution in [0.25, 0.3) is 0 Å². The van der Waals surface area contributed by atoms with Gasteiger partial charge >= 0.3 is 5.97 Å². The normalized spacial score (nSPS) is 20.0. The predicted molar refractivity (Wildman–Crippen MR) is 106 cm³/mol. The third kappa shape index (κ3) is 3.93. The molecule has 1 fully saturated rings. The van der Waals surface area contributed by atoms with Crippen molar-refractivity contribution in [1.82, 2.24) is 4.90 Å². The largest absolute Gasteiger partial charge is 0.489 e. The first-order chi connectivity index (χ1) is 13.0. The maximum absolute atomic E-state index is 11.0. The van der Waals surface area contributed by atoms with E-state index in [-0.39, 0.29) is 5.92 Å². The lowest BCUT2D eigenvalue weighted by Gasteiger charge is -2.44. The number of hydrogen-bond donors (Lipinski definition) is 1.